The molecule has 0 radical (unpaired) electrons. The topological polar surface area (TPSA) is 83.8 Å². The molecular formula is C10H18N2O4. The third kappa shape index (κ3) is 2.28. The predicted octanol–water partition coefficient (Wildman–Crippen LogP) is -0.537. The van der Waals surface area contributed by atoms with Crippen molar-refractivity contribution in [2.75, 3.05) is 13.2 Å². The Balaban J connectivity index is 1.85. The Bertz CT molecular complexity index is 272. The molecule has 0 saturated carbocycles. The Morgan fingerprint density at radius 1 is 1.38 bits per heavy atom. The van der Waals surface area contributed by atoms with Crippen LogP contribution in [-0.2, 0) is 14.2 Å². The molecule has 2 rings (SSSR count). The molecule has 0 aromatic heterocycles. The van der Waals surface area contributed by atoms with Gasteiger partial charge in [-0.15, -0.1) is 0 Å². The molecule has 16 heavy (non-hydrogen) atoms. The van der Waals surface area contributed by atoms with Crippen LogP contribution in [0.3, 0.4) is 0 Å². The van der Waals surface area contributed by atoms with Gasteiger partial charge >= 0.3 is 0 Å². The average Bonchev–Trinajstić information content (AvgIpc) is 2.70. The van der Waals surface area contributed by atoms with Crippen LogP contribution in [0.2, 0.25) is 0 Å². The van der Waals surface area contributed by atoms with Crippen molar-refractivity contribution in [3.8, 4) is 0 Å². The molecule has 0 amide bonds. The van der Waals surface area contributed by atoms with E-state index in [0.29, 0.717) is 6.61 Å². The van der Waals surface area contributed by atoms with Crippen LogP contribution in [0.1, 0.15) is 13.8 Å². The number of hydrogen-bond donors (Lipinski definition) is 3. The van der Waals surface area contributed by atoms with E-state index < -0.39 is 6.10 Å². The number of amidine groups is 1. The molecule has 4 atom stereocenters. The van der Waals surface area contributed by atoms with Gasteiger partial charge in [-0.25, -0.2) is 0 Å². The van der Waals surface area contributed by atoms with Crippen LogP contribution in [0, 0.1) is 5.41 Å². The summed E-state index contributed by atoms with van der Waals surface area (Å²) >= 11 is 0. The maximum atomic E-state index is 9.52. The molecule has 6 heteroatoms. The minimum Gasteiger partial charge on any atom is -0.457 e. The van der Waals surface area contributed by atoms with Gasteiger partial charge in [0.15, 0.2) is 6.10 Å². The molecule has 2 saturated heterocycles. The first-order chi connectivity index (χ1) is 7.58. The van der Waals surface area contributed by atoms with E-state index in [0.717, 1.165) is 0 Å². The number of fused-ring (bicyclic) bond motifs is 1. The molecule has 92 valence electrons. The van der Waals surface area contributed by atoms with Crippen molar-refractivity contribution in [2.24, 2.45) is 0 Å². The smallest absolute Gasteiger partial charge is 0.282 e. The van der Waals surface area contributed by atoms with Gasteiger partial charge in [-0.05, 0) is 13.8 Å². The van der Waals surface area contributed by atoms with Gasteiger partial charge in [0.2, 0.25) is 0 Å². The molecule has 2 heterocycles. The first kappa shape index (κ1) is 11.6. The van der Waals surface area contributed by atoms with Crippen molar-refractivity contribution < 1.29 is 19.3 Å². The zero-order valence-electron chi connectivity index (χ0n) is 9.47. The lowest BCUT2D eigenvalue weighted by Gasteiger charge is -2.19. The van der Waals surface area contributed by atoms with E-state index in [1.807, 2.05) is 13.8 Å². The van der Waals surface area contributed by atoms with Gasteiger partial charge in [0.05, 0.1) is 13.2 Å². The van der Waals surface area contributed by atoms with Crippen molar-refractivity contribution in [1.29, 1.82) is 5.41 Å². The first-order valence-corrected chi connectivity index (χ1v) is 5.51. The van der Waals surface area contributed by atoms with Crippen molar-refractivity contribution in [3.05, 3.63) is 0 Å². The van der Waals surface area contributed by atoms with Crippen LogP contribution in [0.25, 0.3) is 0 Å². The van der Waals surface area contributed by atoms with Crippen molar-refractivity contribution in [2.45, 2.75) is 44.3 Å². The summed E-state index contributed by atoms with van der Waals surface area (Å²) in [5.74, 6) is 0. The summed E-state index contributed by atoms with van der Waals surface area (Å²) in [4.78, 5) is 0. The molecule has 2 fully saturated rings. The summed E-state index contributed by atoms with van der Waals surface area (Å²) in [6.07, 6.45) is -1.45. The Hall–Kier alpha value is -0.850. The number of aliphatic hydroxyl groups excluding tert-OH is 1. The quantitative estimate of drug-likeness (QED) is 0.438. The molecule has 6 nitrogen and oxygen atoms in total. The normalized spacial score (nSPS) is 37.5. The summed E-state index contributed by atoms with van der Waals surface area (Å²) in [5.41, 5.74) is 0. The van der Waals surface area contributed by atoms with Gasteiger partial charge in [0.1, 0.15) is 18.3 Å². The van der Waals surface area contributed by atoms with E-state index in [9.17, 15) is 5.11 Å². The second-order valence-corrected chi connectivity index (χ2v) is 4.45. The maximum absolute atomic E-state index is 9.52. The Morgan fingerprint density at radius 2 is 2.06 bits per heavy atom. The van der Waals surface area contributed by atoms with Crippen molar-refractivity contribution >= 4 is 6.02 Å². The van der Waals surface area contributed by atoms with E-state index in [1.54, 1.807) is 0 Å². The fourth-order valence-electron chi connectivity index (χ4n) is 1.99. The summed E-state index contributed by atoms with van der Waals surface area (Å²) in [7, 11) is 0. The van der Waals surface area contributed by atoms with Gasteiger partial charge in [-0.3, -0.25) is 5.41 Å². The molecule has 3 N–H and O–H groups in total. The summed E-state index contributed by atoms with van der Waals surface area (Å²) in [6.45, 7) is 4.50. The van der Waals surface area contributed by atoms with E-state index in [-0.39, 0.29) is 37.0 Å². The van der Waals surface area contributed by atoms with E-state index in [1.165, 1.54) is 0 Å². The molecule has 0 aromatic rings. The van der Waals surface area contributed by atoms with Crippen LogP contribution in [0.4, 0.5) is 0 Å². The van der Waals surface area contributed by atoms with Crippen LogP contribution in [0.5, 0.6) is 0 Å². The van der Waals surface area contributed by atoms with Crippen molar-refractivity contribution in [1.82, 2.24) is 5.32 Å². The van der Waals surface area contributed by atoms with Gasteiger partial charge in [-0.1, -0.05) is 0 Å². The maximum Gasteiger partial charge on any atom is 0.282 e. The highest BCUT2D eigenvalue weighted by molar-refractivity contribution is 5.70. The minimum atomic E-state index is -0.578. The molecule has 0 aromatic carbocycles. The number of aliphatic hydroxyl groups is 1. The predicted molar refractivity (Wildman–Crippen MR) is 56.4 cm³/mol. The lowest BCUT2D eigenvalue weighted by Crippen LogP contribution is -2.39. The van der Waals surface area contributed by atoms with Crippen molar-refractivity contribution in [3.63, 3.8) is 0 Å². The van der Waals surface area contributed by atoms with Crippen LogP contribution in [0.15, 0.2) is 0 Å². The van der Waals surface area contributed by atoms with E-state index in [2.05, 4.69) is 5.32 Å². The monoisotopic (exact) mass is 230 g/mol. The number of ether oxygens (including phenoxy) is 3. The van der Waals surface area contributed by atoms with Gasteiger partial charge < -0.3 is 24.6 Å². The Labute approximate surface area is 94.4 Å². The standard InChI is InChI=1S/C10H18N2O4/c1-5(2)12-10(11)16-7-4-15-8-6(13)3-14-9(7)8/h5-9,13H,3-4H2,1-2H3,(H2,11,12)/t6-,7-,8-,9-/m1/s1. The fourth-order valence-corrected chi connectivity index (χ4v) is 1.99. The number of nitrogens with one attached hydrogen (secondary N) is 2. The minimum absolute atomic E-state index is 0.0224. The highest BCUT2D eigenvalue weighted by atomic mass is 16.6. The van der Waals surface area contributed by atoms with Gasteiger partial charge in [0.25, 0.3) is 6.02 Å². The third-order valence-electron chi connectivity index (χ3n) is 2.67. The van der Waals surface area contributed by atoms with Crippen LogP contribution >= 0.6 is 0 Å². The summed E-state index contributed by atoms with van der Waals surface area (Å²) in [6, 6.07) is 0.176. The lowest BCUT2D eigenvalue weighted by molar-refractivity contribution is 0.00431. The Kier molecular flexibility index (Phi) is 3.32. The number of rotatable bonds is 2. The largest absolute Gasteiger partial charge is 0.457 e. The molecule has 2 aliphatic rings. The molecule has 0 aliphatic carbocycles. The average molecular weight is 230 g/mol. The van der Waals surface area contributed by atoms with E-state index in [4.69, 9.17) is 19.6 Å². The Morgan fingerprint density at radius 3 is 2.75 bits per heavy atom. The molecule has 0 bridgehead atoms. The van der Waals surface area contributed by atoms with Gasteiger partial charge in [0, 0.05) is 6.04 Å². The SMILES string of the molecule is CC(C)NC(=N)O[C@@H]1CO[C@H]2[C@@H]1OC[C@H]2O. The zero-order chi connectivity index (χ0) is 11.7. The fraction of sp³-hybridized carbons (Fsp3) is 0.900. The summed E-state index contributed by atoms with van der Waals surface area (Å²) < 4.78 is 16.2. The van der Waals surface area contributed by atoms with Gasteiger partial charge in [-0.2, -0.15) is 0 Å². The van der Waals surface area contributed by atoms with Crippen LogP contribution in [-0.4, -0.2) is 54.8 Å². The molecular weight excluding hydrogens is 212 g/mol. The second-order valence-electron chi connectivity index (χ2n) is 4.45. The second kappa shape index (κ2) is 4.57. The highest BCUT2D eigenvalue weighted by Crippen LogP contribution is 2.28. The number of hydrogen-bond acceptors (Lipinski definition) is 5. The molecule has 2 aliphatic heterocycles. The molecule has 0 unspecified atom stereocenters. The summed E-state index contributed by atoms with van der Waals surface area (Å²) in [5, 5.41) is 19.9. The van der Waals surface area contributed by atoms with Crippen LogP contribution < -0.4 is 5.32 Å². The zero-order valence-corrected chi connectivity index (χ0v) is 9.47. The highest BCUT2D eigenvalue weighted by Gasteiger charge is 2.48. The molecule has 0 spiro atoms. The lowest BCUT2D eigenvalue weighted by atomic mass is 10.1. The first-order valence-electron chi connectivity index (χ1n) is 5.51. The van der Waals surface area contributed by atoms with E-state index >= 15 is 0 Å². The third-order valence-corrected chi connectivity index (χ3v) is 2.67.